The maximum Gasteiger partial charge on any atom is 0.190 e. The first-order chi connectivity index (χ1) is 10.1. The minimum atomic E-state index is 0.0561. The second-order valence-electron chi connectivity index (χ2n) is 5.49. The van der Waals surface area contributed by atoms with E-state index in [4.69, 9.17) is 10.9 Å². The Balaban J connectivity index is 1.99. The summed E-state index contributed by atoms with van der Waals surface area (Å²) < 4.78 is 0. The summed E-state index contributed by atoms with van der Waals surface area (Å²) in [4.78, 5) is 11.1. The molecule has 7 heteroatoms. The normalized spacial score (nSPS) is 17.5. The fourth-order valence-electron chi connectivity index (χ4n) is 2.45. The molecule has 1 fully saturated rings. The van der Waals surface area contributed by atoms with Crippen LogP contribution >= 0.6 is 0 Å². The molecule has 21 heavy (non-hydrogen) atoms. The molecule has 0 unspecified atom stereocenters. The second-order valence-corrected chi connectivity index (χ2v) is 5.49. The van der Waals surface area contributed by atoms with Crippen molar-refractivity contribution in [2.45, 2.75) is 0 Å². The molecule has 0 spiro atoms. The van der Waals surface area contributed by atoms with Gasteiger partial charge in [-0.3, -0.25) is 9.88 Å². The Morgan fingerprint density at radius 2 is 2.10 bits per heavy atom. The van der Waals surface area contributed by atoms with Crippen molar-refractivity contribution >= 4 is 11.5 Å². The largest absolute Gasteiger partial charge is 0.409 e. The van der Waals surface area contributed by atoms with Gasteiger partial charge in [0.25, 0.3) is 0 Å². The van der Waals surface area contributed by atoms with Gasteiger partial charge in [-0.15, -0.1) is 0 Å². The number of oxime groups is 1. The molecule has 0 saturated carbocycles. The monoisotopic (exact) mass is 292 g/mol. The van der Waals surface area contributed by atoms with E-state index in [2.05, 4.69) is 38.9 Å². The molecule has 0 radical (unpaired) electrons. The number of hydrogen-bond acceptors (Lipinski definition) is 6. The van der Waals surface area contributed by atoms with Crippen molar-refractivity contribution in [3.8, 4) is 0 Å². The molecule has 0 aliphatic carbocycles. The lowest BCUT2D eigenvalue weighted by Gasteiger charge is -2.36. The number of pyridine rings is 1. The van der Waals surface area contributed by atoms with Crippen LogP contribution in [0.15, 0.2) is 23.5 Å². The lowest BCUT2D eigenvalue weighted by atomic mass is 10.2. The van der Waals surface area contributed by atoms with Crippen LogP contribution in [0.1, 0.15) is 5.69 Å². The summed E-state index contributed by atoms with van der Waals surface area (Å²) >= 11 is 0. The Bertz CT molecular complexity index is 482. The standard InChI is InChI=1S/C14H24N6O/c1-18(2)6-7-19-8-10-20(11-9-19)12-4-3-5-16-13(12)14(15)17-21/h3-5,21H,6-11H2,1-2H3,(H2,15,17). The number of likely N-dealkylation sites (N-methyl/N-ethyl adjacent to an activating group) is 1. The highest BCUT2D eigenvalue weighted by molar-refractivity contribution is 6.00. The van der Waals surface area contributed by atoms with E-state index in [1.165, 1.54) is 0 Å². The molecule has 1 aromatic rings. The zero-order chi connectivity index (χ0) is 15.2. The van der Waals surface area contributed by atoms with Gasteiger partial charge in [-0.25, -0.2) is 0 Å². The Morgan fingerprint density at radius 3 is 2.71 bits per heavy atom. The summed E-state index contributed by atoms with van der Waals surface area (Å²) in [6.07, 6.45) is 1.66. The maximum atomic E-state index is 8.87. The lowest BCUT2D eigenvalue weighted by molar-refractivity contribution is 0.229. The van der Waals surface area contributed by atoms with Crippen LogP contribution in [0.5, 0.6) is 0 Å². The number of amidine groups is 1. The van der Waals surface area contributed by atoms with Gasteiger partial charge in [-0.1, -0.05) is 5.16 Å². The van der Waals surface area contributed by atoms with Gasteiger partial charge in [0.2, 0.25) is 0 Å². The van der Waals surface area contributed by atoms with Crippen LogP contribution in [0.25, 0.3) is 0 Å². The Labute approximate surface area is 125 Å². The van der Waals surface area contributed by atoms with Crippen LogP contribution in [0.4, 0.5) is 5.69 Å². The summed E-state index contributed by atoms with van der Waals surface area (Å²) in [6, 6.07) is 3.84. The Hall–Kier alpha value is -1.86. The van der Waals surface area contributed by atoms with Crippen LogP contribution in [-0.4, -0.2) is 79.2 Å². The molecule has 1 aliphatic heterocycles. The summed E-state index contributed by atoms with van der Waals surface area (Å²) in [5.74, 6) is 0.0561. The average Bonchev–Trinajstić information content (AvgIpc) is 2.52. The second kappa shape index (κ2) is 7.24. The molecule has 1 saturated heterocycles. The van der Waals surface area contributed by atoms with E-state index >= 15 is 0 Å². The minimum absolute atomic E-state index is 0.0561. The van der Waals surface area contributed by atoms with E-state index in [0.29, 0.717) is 5.69 Å². The SMILES string of the molecule is CN(C)CCN1CCN(c2cccnc2/C(N)=N/O)CC1. The number of aromatic nitrogens is 1. The molecule has 7 nitrogen and oxygen atoms in total. The smallest absolute Gasteiger partial charge is 0.190 e. The van der Waals surface area contributed by atoms with Gasteiger partial charge in [0.05, 0.1) is 5.69 Å². The summed E-state index contributed by atoms with van der Waals surface area (Å²) in [5, 5.41) is 11.9. The Morgan fingerprint density at radius 1 is 1.38 bits per heavy atom. The quantitative estimate of drug-likeness (QED) is 0.340. The number of hydrogen-bond donors (Lipinski definition) is 2. The van der Waals surface area contributed by atoms with Crippen LogP contribution < -0.4 is 10.6 Å². The summed E-state index contributed by atoms with van der Waals surface area (Å²) in [6.45, 7) is 6.02. The first-order valence-corrected chi connectivity index (χ1v) is 7.16. The van der Waals surface area contributed by atoms with Gasteiger partial charge in [-0.2, -0.15) is 0 Å². The van der Waals surface area contributed by atoms with Crippen molar-refractivity contribution in [2.24, 2.45) is 10.9 Å². The molecule has 0 bridgehead atoms. The van der Waals surface area contributed by atoms with Crippen LogP contribution in [-0.2, 0) is 0 Å². The predicted octanol–water partition coefficient (Wildman–Crippen LogP) is -0.140. The first kappa shape index (κ1) is 15.5. The third-order valence-corrected chi connectivity index (χ3v) is 3.71. The van der Waals surface area contributed by atoms with Gasteiger partial charge < -0.3 is 20.7 Å². The van der Waals surface area contributed by atoms with E-state index < -0.39 is 0 Å². The maximum absolute atomic E-state index is 8.87. The van der Waals surface area contributed by atoms with Gasteiger partial charge in [0.1, 0.15) is 5.69 Å². The topological polar surface area (TPSA) is 81.2 Å². The minimum Gasteiger partial charge on any atom is -0.409 e. The van der Waals surface area contributed by atoms with Crippen molar-refractivity contribution in [2.75, 3.05) is 58.3 Å². The summed E-state index contributed by atoms with van der Waals surface area (Å²) in [7, 11) is 4.18. The fourth-order valence-corrected chi connectivity index (χ4v) is 2.45. The molecule has 2 heterocycles. The van der Waals surface area contributed by atoms with E-state index in [1.54, 1.807) is 6.20 Å². The van der Waals surface area contributed by atoms with Crippen LogP contribution in [0.2, 0.25) is 0 Å². The van der Waals surface area contributed by atoms with Gasteiger partial charge >= 0.3 is 0 Å². The predicted molar refractivity (Wildman–Crippen MR) is 84.0 cm³/mol. The third kappa shape index (κ3) is 4.05. The highest BCUT2D eigenvalue weighted by atomic mass is 16.4. The van der Waals surface area contributed by atoms with Gasteiger partial charge in [0.15, 0.2) is 5.84 Å². The molecule has 0 aromatic carbocycles. The van der Waals surface area contributed by atoms with Crippen molar-refractivity contribution in [1.82, 2.24) is 14.8 Å². The van der Waals surface area contributed by atoms with Gasteiger partial charge in [0, 0.05) is 45.5 Å². The molecule has 3 N–H and O–H groups in total. The third-order valence-electron chi connectivity index (χ3n) is 3.71. The number of nitrogens with two attached hydrogens (primary N) is 1. The van der Waals surface area contributed by atoms with Crippen LogP contribution in [0.3, 0.4) is 0 Å². The molecule has 2 rings (SSSR count). The van der Waals surface area contributed by atoms with E-state index in [-0.39, 0.29) is 5.84 Å². The number of anilines is 1. The lowest BCUT2D eigenvalue weighted by Crippen LogP contribution is -2.48. The molecule has 116 valence electrons. The van der Waals surface area contributed by atoms with Crippen molar-refractivity contribution in [1.29, 1.82) is 0 Å². The first-order valence-electron chi connectivity index (χ1n) is 7.16. The highest BCUT2D eigenvalue weighted by Gasteiger charge is 2.20. The fraction of sp³-hybridized carbons (Fsp3) is 0.571. The summed E-state index contributed by atoms with van der Waals surface area (Å²) in [5.41, 5.74) is 7.18. The van der Waals surface area contributed by atoms with E-state index in [0.717, 1.165) is 45.0 Å². The molecular formula is C14H24N6O. The highest BCUT2D eigenvalue weighted by Crippen LogP contribution is 2.19. The molecule has 1 aliphatic rings. The molecular weight excluding hydrogens is 268 g/mol. The molecule has 1 aromatic heterocycles. The van der Waals surface area contributed by atoms with Crippen LogP contribution in [0, 0.1) is 0 Å². The molecule has 0 atom stereocenters. The van der Waals surface area contributed by atoms with E-state index in [1.807, 2.05) is 12.1 Å². The zero-order valence-electron chi connectivity index (χ0n) is 12.7. The van der Waals surface area contributed by atoms with E-state index in [9.17, 15) is 0 Å². The average molecular weight is 292 g/mol. The number of nitrogens with zero attached hydrogens (tertiary/aromatic N) is 5. The van der Waals surface area contributed by atoms with Crippen molar-refractivity contribution in [3.05, 3.63) is 24.0 Å². The Kier molecular flexibility index (Phi) is 5.35. The number of piperazine rings is 1. The van der Waals surface area contributed by atoms with Crippen molar-refractivity contribution < 1.29 is 5.21 Å². The molecule has 0 amide bonds. The van der Waals surface area contributed by atoms with Crippen molar-refractivity contribution in [3.63, 3.8) is 0 Å². The number of rotatable bonds is 5. The zero-order valence-corrected chi connectivity index (χ0v) is 12.7. The van der Waals surface area contributed by atoms with Gasteiger partial charge in [-0.05, 0) is 26.2 Å².